The van der Waals surface area contributed by atoms with Crippen molar-refractivity contribution in [1.82, 2.24) is 0 Å². The van der Waals surface area contributed by atoms with E-state index in [1.165, 1.54) is 6.07 Å². The van der Waals surface area contributed by atoms with E-state index in [1.54, 1.807) is 42.6 Å². The maximum Gasteiger partial charge on any atom is 0.129 e. The minimum absolute atomic E-state index is 0.112. The minimum atomic E-state index is -0.301. The second-order valence-corrected chi connectivity index (χ2v) is 7.17. The van der Waals surface area contributed by atoms with E-state index in [1.807, 2.05) is 54.6 Å². The van der Waals surface area contributed by atoms with Crippen LogP contribution in [0.15, 0.2) is 102 Å². The highest BCUT2D eigenvalue weighted by atomic mass is 35.5. The fourth-order valence-corrected chi connectivity index (χ4v) is 3.07. The summed E-state index contributed by atoms with van der Waals surface area (Å²) in [6.07, 6.45) is 1.68. The fourth-order valence-electron chi connectivity index (χ4n) is 2.89. The summed E-state index contributed by atoms with van der Waals surface area (Å²) >= 11 is 6.15. The number of rotatable bonds is 7. The number of hydrogen-bond donors (Lipinski definition) is 0. The first-order valence-electron chi connectivity index (χ1n) is 9.70. The Kier molecular flexibility index (Phi) is 6.60. The zero-order chi connectivity index (χ0) is 21.5. The Morgan fingerprint density at radius 1 is 0.806 bits per heavy atom. The Bertz CT molecular complexity index is 1180. The van der Waals surface area contributed by atoms with Crippen molar-refractivity contribution in [3.05, 3.63) is 119 Å². The number of ether oxygens (including phenoxy) is 2. The Labute approximate surface area is 185 Å². The maximum absolute atomic E-state index is 13.9. The standard InChI is InChI=1S/C26H19ClFNO2/c27-21-10-15-26(30-18-19-6-4-5-9-25(19)28)20(16-21)17-29-22-11-13-24(14-12-22)31-23-7-2-1-3-8-23/h1-17H,18H2. The third-order valence-electron chi connectivity index (χ3n) is 4.48. The molecule has 154 valence electrons. The highest BCUT2D eigenvalue weighted by Gasteiger charge is 2.06. The van der Waals surface area contributed by atoms with E-state index in [0.717, 1.165) is 17.2 Å². The van der Waals surface area contributed by atoms with Gasteiger partial charge in [0, 0.05) is 22.4 Å². The smallest absolute Gasteiger partial charge is 0.129 e. The summed E-state index contributed by atoms with van der Waals surface area (Å²) in [4.78, 5) is 4.51. The second kappa shape index (κ2) is 9.92. The second-order valence-electron chi connectivity index (χ2n) is 6.73. The predicted molar refractivity (Wildman–Crippen MR) is 122 cm³/mol. The molecule has 0 saturated heterocycles. The molecular weight excluding hydrogens is 413 g/mol. The number of hydrogen-bond acceptors (Lipinski definition) is 3. The topological polar surface area (TPSA) is 30.8 Å². The average molecular weight is 432 g/mol. The first-order chi connectivity index (χ1) is 15.2. The number of benzene rings is 4. The molecule has 0 fully saturated rings. The SMILES string of the molecule is Fc1ccccc1COc1ccc(Cl)cc1C=Nc1ccc(Oc2ccccc2)cc1. The summed E-state index contributed by atoms with van der Waals surface area (Å²) in [5.74, 6) is 1.76. The van der Waals surface area contributed by atoms with Gasteiger partial charge >= 0.3 is 0 Å². The Balaban J connectivity index is 1.47. The van der Waals surface area contributed by atoms with Crippen LogP contribution in [0.4, 0.5) is 10.1 Å². The average Bonchev–Trinajstić information content (AvgIpc) is 2.80. The molecule has 0 unspecified atom stereocenters. The molecule has 31 heavy (non-hydrogen) atoms. The van der Waals surface area contributed by atoms with Gasteiger partial charge in [-0.1, -0.05) is 48.0 Å². The van der Waals surface area contributed by atoms with Crippen molar-refractivity contribution in [3.63, 3.8) is 0 Å². The van der Waals surface area contributed by atoms with E-state index in [2.05, 4.69) is 4.99 Å². The normalized spacial score (nSPS) is 10.9. The third kappa shape index (κ3) is 5.71. The van der Waals surface area contributed by atoms with Crippen molar-refractivity contribution in [2.24, 2.45) is 4.99 Å². The number of halogens is 2. The van der Waals surface area contributed by atoms with Crippen LogP contribution in [0.5, 0.6) is 17.2 Å². The van der Waals surface area contributed by atoms with Crippen molar-refractivity contribution < 1.29 is 13.9 Å². The maximum atomic E-state index is 13.9. The molecule has 4 aromatic rings. The molecule has 0 spiro atoms. The lowest BCUT2D eigenvalue weighted by atomic mass is 10.2. The zero-order valence-corrected chi connectivity index (χ0v) is 17.3. The Morgan fingerprint density at radius 3 is 2.29 bits per heavy atom. The van der Waals surface area contributed by atoms with Gasteiger partial charge in [-0.15, -0.1) is 0 Å². The first-order valence-corrected chi connectivity index (χ1v) is 10.1. The van der Waals surface area contributed by atoms with Crippen LogP contribution in [-0.4, -0.2) is 6.21 Å². The van der Waals surface area contributed by atoms with Gasteiger partial charge in [-0.05, 0) is 60.7 Å². The van der Waals surface area contributed by atoms with Crippen molar-refractivity contribution in [1.29, 1.82) is 0 Å². The summed E-state index contributed by atoms with van der Waals surface area (Å²) in [5.41, 5.74) is 1.93. The van der Waals surface area contributed by atoms with Crippen molar-refractivity contribution in [3.8, 4) is 17.2 Å². The van der Waals surface area contributed by atoms with Gasteiger partial charge in [0.2, 0.25) is 0 Å². The molecule has 4 aromatic carbocycles. The van der Waals surface area contributed by atoms with Gasteiger partial charge < -0.3 is 9.47 Å². The lowest BCUT2D eigenvalue weighted by Crippen LogP contribution is -2.00. The van der Waals surface area contributed by atoms with Crippen LogP contribution in [-0.2, 0) is 6.61 Å². The molecule has 3 nitrogen and oxygen atoms in total. The van der Waals surface area contributed by atoms with Gasteiger partial charge in [0.15, 0.2) is 0 Å². The van der Waals surface area contributed by atoms with Crippen LogP contribution in [0.3, 0.4) is 0 Å². The van der Waals surface area contributed by atoms with Crippen LogP contribution in [0.25, 0.3) is 0 Å². The van der Waals surface area contributed by atoms with Crippen molar-refractivity contribution in [2.45, 2.75) is 6.61 Å². The van der Waals surface area contributed by atoms with Gasteiger partial charge in [-0.2, -0.15) is 0 Å². The van der Waals surface area contributed by atoms with E-state index >= 15 is 0 Å². The summed E-state index contributed by atoms with van der Waals surface area (Å²) in [6, 6.07) is 28.8. The predicted octanol–water partition coefficient (Wildman–Crippen LogP) is 7.60. The molecule has 0 aromatic heterocycles. The molecule has 5 heteroatoms. The Hall–Kier alpha value is -3.63. The van der Waals surface area contributed by atoms with Crippen LogP contribution in [0, 0.1) is 5.82 Å². The molecule has 0 heterocycles. The molecule has 0 aliphatic carbocycles. The van der Waals surface area contributed by atoms with Crippen LogP contribution >= 0.6 is 11.6 Å². The molecule has 0 atom stereocenters. The molecule has 0 N–H and O–H groups in total. The molecular formula is C26H19ClFNO2. The zero-order valence-electron chi connectivity index (χ0n) is 16.5. The van der Waals surface area contributed by atoms with Crippen molar-refractivity contribution >= 4 is 23.5 Å². The lowest BCUT2D eigenvalue weighted by molar-refractivity contribution is 0.299. The van der Waals surface area contributed by atoms with E-state index in [0.29, 0.717) is 21.9 Å². The largest absolute Gasteiger partial charge is 0.488 e. The molecule has 0 radical (unpaired) electrons. The molecule has 0 bridgehead atoms. The van der Waals surface area contributed by atoms with Crippen LogP contribution in [0.2, 0.25) is 5.02 Å². The van der Waals surface area contributed by atoms with E-state index in [9.17, 15) is 4.39 Å². The summed E-state index contributed by atoms with van der Waals surface area (Å²) in [6.45, 7) is 0.112. The number of nitrogens with zero attached hydrogens (tertiary/aromatic N) is 1. The fraction of sp³-hybridized carbons (Fsp3) is 0.0385. The number of aliphatic imine (C=N–C) groups is 1. The highest BCUT2D eigenvalue weighted by Crippen LogP contribution is 2.26. The summed E-state index contributed by atoms with van der Waals surface area (Å²) in [7, 11) is 0. The lowest BCUT2D eigenvalue weighted by Gasteiger charge is -2.10. The molecule has 4 rings (SSSR count). The van der Waals surface area contributed by atoms with E-state index in [4.69, 9.17) is 21.1 Å². The van der Waals surface area contributed by atoms with Gasteiger partial charge in [-0.3, -0.25) is 4.99 Å². The minimum Gasteiger partial charge on any atom is -0.488 e. The van der Waals surface area contributed by atoms with Gasteiger partial charge in [0.1, 0.15) is 29.7 Å². The molecule has 0 amide bonds. The summed E-state index contributed by atoms with van der Waals surface area (Å²) < 4.78 is 25.5. The Morgan fingerprint density at radius 2 is 1.52 bits per heavy atom. The molecule has 0 saturated carbocycles. The van der Waals surface area contributed by atoms with Crippen LogP contribution in [0.1, 0.15) is 11.1 Å². The first kappa shape index (κ1) is 20.6. The van der Waals surface area contributed by atoms with Crippen molar-refractivity contribution in [2.75, 3.05) is 0 Å². The van der Waals surface area contributed by atoms with Gasteiger partial charge in [0.25, 0.3) is 0 Å². The molecule has 0 aliphatic rings. The monoisotopic (exact) mass is 431 g/mol. The number of para-hydroxylation sites is 1. The van der Waals surface area contributed by atoms with E-state index in [-0.39, 0.29) is 12.4 Å². The summed E-state index contributed by atoms with van der Waals surface area (Å²) in [5, 5.41) is 0.561. The van der Waals surface area contributed by atoms with Gasteiger partial charge in [0.05, 0.1) is 5.69 Å². The van der Waals surface area contributed by atoms with Gasteiger partial charge in [-0.25, -0.2) is 4.39 Å². The van der Waals surface area contributed by atoms with Crippen LogP contribution < -0.4 is 9.47 Å². The third-order valence-corrected chi connectivity index (χ3v) is 4.72. The van der Waals surface area contributed by atoms with E-state index < -0.39 is 0 Å². The highest BCUT2D eigenvalue weighted by molar-refractivity contribution is 6.30. The molecule has 0 aliphatic heterocycles. The quantitative estimate of drug-likeness (QED) is 0.282.